The van der Waals surface area contributed by atoms with Crippen molar-refractivity contribution in [1.82, 2.24) is 4.90 Å². The lowest BCUT2D eigenvalue weighted by atomic mass is 10.1. The lowest BCUT2D eigenvalue weighted by Gasteiger charge is -2.22. The maximum absolute atomic E-state index is 12.4. The van der Waals surface area contributed by atoms with Crippen molar-refractivity contribution in [3.63, 3.8) is 0 Å². The zero-order chi connectivity index (χ0) is 16.7. The molecular weight excluding hydrogens is 362 g/mol. The predicted octanol–water partition coefficient (Wildman–Crippen LogP) is 3.48. The molecule has 2 rings (SSSR count). The molecule has 1 aromatic carbocycles. The Hall–Kier alpha value is -2.08. The molecule has 0 aliphatic carbocycles. The Morgan fingerprint density at radius 1 is 1.17 bits per heavy atom. The monoisotopic (exact) mass is 379 g/mol. The van der Waals surface area contributed by atoms with Gasteiger partial charge in [-0.1, -0.05) is 28.1 Å². The first-order chi connectivity index (χ1) is 11.0. The highest BCUT2D eigenvalue weighted by Gasteiger charge is 2.16. The molecule has 122 valence electrons. The number of carboxylic acid groups (broad SMARTS) is 1. The quantitative estimate of drug-likeness (QED) is 0.761. The minimum atomic E-state index is -0.914. The van der Waals surface area contributed by atoms with Gasteiger partial charge in [-0.25, -0.2) is 0 Å². The Morgan fingerprint density at radius 2 is 2.00 bits per heavy atom. The van der Waals surface area contributed by atoms with E-state index in [0.717, 1.165) is 15.8 Å². The first-order valence-electron chi connectivity index (χ1n) is 7.31. The SMILES string of the molecule is O=C(O)CCN(Cc1cccc(Br)c1)C(=O)CCc1ccco1. The molecule has 5 nitrogen and oxygen atoms in total. The number of amides is 1. The van der Waals surface area contributed by atoms with Crippen LogP contribution in [0.3, 0.4) is 0 Å². The van der Waals surface area contributed by atoms with E-state index >= 15 is 0 Å². The molecule has 1 amide bonds. The highest BCUT2D eigenvalue weighted by Crippen LogP contribution is 2.15. The molecule has 0 aliphatic rings. The second-order valence-corrected chi connectivity index (χ2v) is 6.08. The van der Waals surface area contributed by atoms with Crippen molar-refractivity contribution < 1.29 is 19.1 Å². The topological polar surface area (TPSA) is 70.8 Å². The third-order valence-corrected chi connectivity index (χ3v) is 3.87. The Morgan fingerprint density at radius 3 is 2.65 bits per heavy atom. The average molecular weight is 380 g/mol. The summed E-state index contributed by atoms with van der Waals surface area (Å²) in [6, 6.07) is 11.2. The number of halogens is 1. The number of benzene rings is 1. The number of hydrogen-bond acceptors (Lipinski definition) is 3. The van der Waals surface area contributed by atoms with Crippen LogP contribution in [0, 0.1) is 0 Å². The number of aryl methyl sites for hydroxylation is 1. The Labute approximate surface area is 143 Å². The number of hydrogen-bond donors (Lipinski definition) is 1. The molecule has 0 radical (unpaired) electrons. The number of carboxylic acids is 1. The van der Waals surface area contributed by atoms with Crippen LogP contribution in [0.2, 0.25) is 0 Å². The van der Waals surface area contributed by atoms with Gasteiger partial charge in [0.25, 0.3) is 0 Å². The Bertz CT molecular complexity index is 654. The van der Waals surface area contributed by atoms with E-state index in [-0.39, 0.29) is 18.9 Å². The van der Waals surface area contributed by atoms with Gasteiger partial charge in [-0.05, 0) is 29.8 Å². The molecule has 1 heterocycles. The number of furan rings is 1. The Kier molecular flexibility index (Phi) is 6.40. The zero-order valence-corrected chi connectivity index (χ0v) is 14.2. The first kappa shape index (κ1) is 17.3. The molecular formula is C17H18BrNO4. The maximum atomic E-state index is 12.4. The van der Waals surface area contributed by atoms with E-state index in [2.05, 4.69) is 15.9 Å². The molecule has 23 heavy (non-hydrogen) atoms. The summed E-state index contributed by atoms with van der Waals surface area (Å²) in [5.41, 5.74) is 0.955. The van der Waals surface area contributed by atoms with E-state index in [9.17, 15) is 9.59 Å². The van der Waals surface area contributed by atoms with E-state index in [1.54, 1.807) is 17.2 Å². The van der Waals surface area contributed by atoms with Crippen LogP contribution in [0.4, 0.5) is 0 Å². The molecule has 1 aromatic heterocycles. The summed E-state index contributed by atoms with van der Waals surface area (Å²) >= 11 is 3.40. The molecule has 2 aromatic rings. The largest absolute Gasteiger partial charge is 0.481 e. The van der Waals surface area contributed by atoms with Gasteiger partial charge in [-0.2, -0.15) is 0 Å². The van der Waals surface area contributed by atoms with E-state index < -0.39 is 5.97 Å². The second kappa shape index (κ2) is 8.53. The third-order valence-electron chi connectivity index (χ3n) is 3.38. The highest BCUT2D eigenvalue weighted by molar-refractivity contribution is 9.10. The average Bonchev–Trinajstić information content (AvgIpc) is 3.02. The number of rotatable bonds is 8. The fourth-order valence-electron chi connectivity index (χ4n) is 2.22. The molecule has 0 unspecified atom stereocenters. The van der Waals surface area contributed by atoms with Crippen molar-refractivity contribution in [2.45, 2.75) is 25.8 Å². The summed E-state index contributed by atoms with van der Waals surface area (Å²) in [5.74, 6) is -0.246. The summed E-state index contributed by atoms with van der Waals surface area (Å²) in [6.45, 7) is 0.586. The van der Waals surface area contributed by atoms with Crippen molar-refractivity contribution in [1.29, 1.82) is 0 Å². The molecule has 0 atom stereocenters. The highest BCUT2D eigenvalue weighted by atomic mass is 79.9. The third kappa shape index (κ3) is 5.90. The predicted molar refractivity (Wildman–Crippen MR) is 88.8 cm³/mol. The molecule has 0 aliphatic heterocycles. The molecule has 0 spiro atoms. The molecule has 0 saturated carbocycles. The van der Waals surface area contributed by atoms with Crippen LogP contribution in [0.1, 0.15) is 24.2 Å². The van der Waals surface area contributed by atoms with Crippen molar-refractivity contribution in [2.24, 2.45) is 0 Å². The number of carbonyl (C=O) groups excluding carboxylic acids is 1. The zero-order valence-electron chi connectivity index (χ0n) is 12.6. The fourth-order valence-corrected chi connectivity index (χ4v) is 2.67. The van der Waals surface area contributed by atoms with Gasteiger partial charge >= 0.3 is 5.97 Å². The van der Waals surface area contributed by atoms with Gasteiger partial charge in [0.05, 0.1) is 12.7 Å². The fraction of sp³-hybridized carbons (Fsp3) is 0.294. The van der Waals surface area contributed by atoms with Gasteiger partial charge in [0, 0.05) is 30.4 Å². The smallest absolute Gasteiger partial charge is 0.305 e. The minimum absolute atomic E-state index is 0.0690. The van der Waals surface area contributed by atoms with Crippen LogP contribution < -0.4 is 0 Å². The molecule has 0 saturated heterocycles. The van der Waals surface area contributed by atoms with Gasteiger partial charge in [0.1, 0.15) is 5.76 Å². The molecule has 1 N–H and O–H groups in total. The summed E-state index contributed by atoms with van der Waals surface area (Å²) in [7, 11) is 0. The van der Waals surface area contributed by atoms with Gasteiger partial charge in [0.15, 0.2) is 0 Å². The Balaban J connectivity index is 2.00. The van der Waals surface area contributed by atoms with Crippen molar-refractivity contribution in [3.8, 4) is 0 Å². The van der Waals surface area contributed by atoms with E-state index in [4.69, 9.17) is 9.52 Å². The lowest BCUT2D eigenvalue weighted by Crippen LogP contribution is -2.32. The van der Waals surface area contributed by atoms with Gasteiger partial charge < -0.3 is 14.4 Å². The lowest BCUT2D eigenvalue weighted by molar-refractivity contribution is -0.138. The van der Waals surface area contributed by atoms with Gasteiger partial charge in [-0.3, -0.25) is 9.59 Å². The van der Waals surface area contributed by atoms with E-state index in [1.807, 2.05) is 30.3 Å². The number of aliphatic carboxylic acids is 1. The normalized spacial score (nSPS) is 10.5. The molecule has 0 bridgehead atoms. The van der Waals surface area contributed by atoms with Crippen LogP contribution >= 0.6 is 15.9 Å². The van der Waals surface area contributed by atoms with Crippen LogP contribution in [0.5, 0.6) is 0 Å². The van der Waals surface area contributed by atoms with Gasteiger partial charge in [-0.15, -0.1) is 0 Å². The van der Waals surface area contributed by atoms with Crippen LogP contribution in [-0.2, 0) is 22.6 Å². The molecule has 0 fully saturated rings. The van der Waals surface area contributed by atoms with Crippen LogP contribution in [0.15, 0.2) is 51.6 Å². The minimum Gasteiger partial charge on any atom is -0.481 e. The number of carbonyl (C=O) groups is 2. The van der Waals surface area contributed by atoms with E-state index in [0.29, 0.717) is 19.4 Å². The summed E-state index contributed by atoms with van der Waals surface area (Å²) in [5, 5.41) is 8.87. The van der Waals surface area contributed by atoms with Crippen LogP contribution in [0.25, 0.3) is 0 Å². The van der Waals surface area contributed by atoms with Crippen LogP contribution in [-0.4, -0.2) is 28.4 Å². The maximum Gasteiger partial charge on any atom is 0.305 e. The van der Waals surface area contributed by atoms with E-state index in [1.165, 1.54) is 0 Å². The summed E-state index contributed by atoms with van der Waals surface area (Å²) < 4.78 is 6.15. The van der Waals surface area contributed by atoms with Crippen molar-refractivity contribution >= 4 is 27.8 Å². The van der Waals surface area contributed by atoms with Crippen molar-refractivity contribution in [3.05, 3.63) is 58.5 Å². The van der Waals surface area contributed by atoms with Crippen molar-refractivity contribution in [2.75, 3.05) is 6.54 Å². The molecule has 6 heteroatoms. The summed E-state index contributed by atoms with van der Waals surface area (Å²) in [4.78, 5) is 24.8. The first-order valence-corrected chi connectivity index (χ1v) is 8.10. The number of nitrogens with zero attached hydrogens (tertiary/aromatic N) is 1. The second-order valence-electron chi connectivity index (χ2n) is 5.17. The summed E-state index contributed by atoms with van der Waals surface area (Å²) in [6.07, 6.45) is 2.30. The standard InChI is InChI=1S/C17H18BrNO4/c18-14-4-1-3-13(11-14)12-19(9-8-17(21)22)16(20)7-6-15-5-2-10-23-15/h1-5,10-11H,6-9,12H2,(H,21,22). The van der Waals surface area contributed by atoms with Gasteiger partial charge in [0.2, 0.25) is 5.91 Å².